The van der Waals surface area contributed by atoms with Gasteiger partial charge in [-0.25, -0.2) is 0 Å². The second-order valence-corrected chi connectivity index (χ2v) is 11.9. The van der Waals surface area contributed by atoms with Crippen molar-refractivity contribution >= 4 is 29.3 Å². The van der Waals surface area contributed by atoms with Crippen molar-refractivity contribution in [3.8, 4) is 22.3 Å². The van der Waals surface area contributed by atoms with Crippen LogP contribution >= 0.6 is 0 Å². The van der Waals surface area contributed by atoms with Gasteiger partial charge in [0.1, 0.15) is 0 Å². The van der Waals surface area contributed by atoms with Crippen LogP contribution in [0.1, 0.15) is 20.3 Å². The normalized spacial score (nSPS) is 14.7. The maximum absolute atomic E-state index is 8.56. The summed E-state index contributed by atoms with van der Waals surface area (Å²) >= 11 is 2.43. The van der Waals surface area contributed by atoms with E-state index in [1.165, 1.54) is 0 Å². The predicted molar refractivity (Wildman–Crippen MR) is 171 cm³/mol. The van der Waals surface area contributed by atoms with Gasteiger partial charge in [-0.15, -0.1) is 0 Å². The zero-order chi connectivity index (χ0) is 31.1. The van der Waals surface area contributed by atoms with Crippen LogP contribution in [0.5, 0.6) is 0 Å². The second kappa shape index (κ2) is 14.9. The summed E-state index contributed by atoms with van der Waals surface area (Å²) in [6.45, 7) is 3.46. The topological polar surface area (TPSA) is 105 Å². The molecule has 1 fully saturated rings. The van der Waals surface area contributed by atoms with Gasteiger partial charge in [-0.1, -0.05) is 0 Å². The molecule has 0 radical (unpaired) electrons. The molecule has 1 aliphatic heterocycles. The Balaban J connectivity index is 0.000000541. The molecule has 1 saturated heterocycles. The van der Waals surface area contributed by atoms with Gasteiger partial charge in [0.25, 0.3) is 0 Å². The van der Waals surface area contributed by atoms with Gasteiger partial charge in [0.05, 0.1) is 12.2 Å². The third-order valence-electron chi connectivity index (χ3n) is 6.89. The van der Waals surface area contributed by atoms with Crippen molar-refractivity contribution in [2.45, 2.75) is 32.5 Å². The van der Waals surface area contributed by atoms with E-state index in [1.807, 2.05) is 30.9 Å². The van der Waals surface area contributed by atoms with Crippen LogP contribution in [0.15, 0.2) is 79.9 Å². The third kappa shape index (κ3) is 8.02. The molecule has 0 saturated carbocycles. The van der Waals surface area contributed by atoms with Gasteiger partial charge in [0.2, 0.25) is 0 Å². The molecule has 0 aliphatic carbocycles. The van der Waals surface area contributed by atoms with Gasteiger partial charge in [-0.2, -0.15) is 0 Å². The summed E-state index contributed by atoms with van der Waals surface area (Å²) in [5.74, 6) is 0. The summed E-state index contributed by atoms with van der Waals surface area (Å²) in [7, 11) is 8.49. The number of nitrogens with zero attached hydrogens (tertiary/aromatic N) is 8. The number of aliphatic hydroxyl groups is 2. The fourth-order valence-corrected chi connectivity index (χ4v) is 6.18. The van der Waals surface area contributed by atoms with Crippen LogP contribution in [0.3, 0.4) is 0 Å². The zero-order valence-electron chi connectivity index (χ0n) is 25.3. The zero-order valence-corrected chi connectivity index (χ0v) is 27.6. The standard InChI is InChI=1S/C25H25B2N8.C5H12O2.Pt/c1-32(2)26-27(33(3)4)35(25-11-7-21(8-12-25)23-15-30-18-31-16-23)19-34(26)24-9-5-20(6-10-24)22-13-28-17-29-14-22;1-4(6)3-5(2)7;/h5-11,13-18H,1-4H3;4-7H,3H2,1-2H3;/q-1;;. The van der Waals surface area contributed by atoms with Crippen molar-refractivity contribution in [3.63, 3.8) is 0 Å². The molecule has 2 aromatic heterocycles. The Morgan fingerprint density at radius 1 is 0.721 bits per heavy atom. The molecule has 13 heteroatoms. The van der Waals surface area contributed by atoms with Gasteiger partial charge < -0.3 is 10.2 Å². The predicted octanol–water partition coefficient (Wildman–Crippen LogP) is 2.68. The summed E-state index contributed by atoms with van der Waals surface area (Å²) in [4.78, 5) is 25.8. The van der Waals surface area contributed by atoms with E-state index in [2.05, 4.69) is 129 Å². The molecule has 5 rings (SSSR count). The van der Waals surface area contributed by atoms with E-state index in [4.69, 9.17) is 10.2 Å². The fraction of sp³-hybridized carbons (Fsp3) is 0.300. The summed E-state index contributed by atoms with van der Waals surface area (Å²) in [5, 5.41) is 17.1. The van der Waals surface area contributed by atoms with Crippen molar-refractivity contribution in [2.24, 2.45) is 0 Å². The van der Waals surface area contributed by atoms with E-state index in [0.29, 0.717) is 6.42 Å². The Labute approximate surface area is 266 Å². The SMILES string of the molecule is CC(O)CC(C)O.CN(C)B1B(N(C)C)N(c2ccc(-c3cncnc3)cc2)[C](=[Pt])N1c1[c-]cc(-c2cncnc2)cc1. The Hall–Kier alpha value is -3.27. The molecule has 2 aromatic carbocycles. The summed E-state index contributed by atoms with van der Waals surface area (Å²) < 4.78 is 1.11. The van der Waals surface area contributed by atoms with Crippen LogP contribution in [0.25, 0.3) is 22.3 Å². The van der Waals surface area contributed by atoms with Crippen LogP contribution in [0.2, 0.25) is 0 Å². The van der Waals surface area contributed by atoms with Crippen molar-refractivity contribution in [1.82, 2.24) is 29.6 Å². The molecular formula is C30H37B2N8O2Pt-. The van der Waals surface area contributed by atoms with Gasteiger partial charge in [0.15, 0.2) is 0 Å². The molecule has 1 aliphatic rings. The Morgan fingerprint density at radius 2 is 1.19 bits per heavy atom. The van der Waals surface area contributed by atoms with Crippen LogP contribution in [0.4, 0.5) is 11.4 Å². The van der Waals surface area contributed by atoms with E-state index < -0.39 is 0 Å². The Bertz CT molecular complexity index is 1340. The molecule has 10 nitrogen and oxygen atoms in total. The molecule has 0 amide bonds. The van der Waals surface area contributed by atoms with Crippen LogP contribution in [0, 0.1) is 6.07 Å². The average molecular weight is 758 g/mol. The summed E-state index contributed by atoms with van der Waals surface area (Å²) in [5.41, 5.74) is 6.22. The van der Waals surface area contributed by atoms with Gasteiger partial charge in [0, 0.05) is 0 Å². The molecule has 226 valence electrons. The minimum absolute atomic E-state index is 0.0665. The number of hydrogen-bond donors (Lipinski definition) is 2. The van der Waals surface area contributed by atoms with Crippen molar-refractivity contribution in [3.05, 3.63) is 86.0 Å². The van der Waals surface area contributed by atoms with Crippen LogP contribution in [-0.4, -0.2) is 98.1 Å². The first-order valence-electron chi connectivity index (χ1n) is 14.0. The first-order chi connectivity index (χ1) is 20.6. The minimum atomic E-state index is -0.375. The third-order valence-corrected chi connectivity index (χ3v) is 7.99. The molecule has 0 spiro atoms. The molecule has 4 aromatic rings. The van der Waals surface area contributed by atoms with E-state index in [1.54, 1.807) is 26.5 Å². The molecule has 3 heterocycles. The number of hydrogen-bond acceptors (Lipinski definition) is 10. The van der Waals surface area contributed by atoms with Crippen molar-refractivity contribution in [1.29, 1.82) is 0 Å². The van der Waals surface area contributed by atoms with Gasteiger partial charge in [-0.05, 0) is 20.3 Å². The average Bonchev–Trinajstić information content (AvgIpc) is 3.31. The van der Waals surface area contributed by atoms with E-state index in [0.717, 1.165) is 37.8 Å². The molecule has 0 bridgehead atoms. The maximum atomic E-state index is 8.56. The van der Waals surface area contributed by atoms with Crippen LogP contribution in [-0.2, 0) is 19.4 Å². The van der Waals surface area contributed by atoms with Gasteiger partial charge >= 0.3 is 224 Å². The van der Waals surface area contributed by atoms with E-state index in [9.17, 15) is 0 Å². The van der Waals surface area contributed by atoms with Crippen molar-refractivity contribution < 1.29 is 29.6 Å². The first kappa shape index (κ1) is 32.6. The monoisotopic (exact) mass is 758 g/mol. The number of rotatable bonds is 8. The molecule has 2 atom stereocenters. The summed E-state index contributed by atoms with van der Waals surface area (Å²) in [6, 6.07) is 18.3. The number of anilines is 2. The number of aliphatic hydroxyl groups excluding tert-OH is 2. The fourth-order valence-electron chi connectivity index (χ4n) is 5.02. The number of aromatic nitrogens is 4. The number of benzene rings is 2. The second-order valence-electron chi connectivity index (χ2n) is 10.9. The quantitative estimate of drug-likeness (QED) is 0.206. The van der Waals surface area contributed by atoms with E-state index in [-0.39, 0.29) is 26.0 Å². The van der Waals surface area contributed by atoms with Crippen LogP contribution < -0.4 is 9.62 Å². The Kier molecular flexibility index (Phi) is 11.3. The first-order valence-corrected chi connectivity index (χ1v) is 15.1. The summed E-state index contributed by atoms with van der Waals surface area (Å²) in [6.07, 6.45) is 10.1. The molecule has 43 heavy (non-hydrogen) atoms. The molecule has 2 N–H and O–H groups in total. The molecular weight excluding hydrogens is 721 g/mol. The van der Waals surface area contributed by atoms with Crippen molar-refractivity contribution in [2.75, 3.05) is 37.8 Å². The Morgan fingerprint density at radius 3 is 1.60 bits per heavy atom. The molecule has 2 unspecified atom stereocenters. The van der Waals surface area contributed by atoms with Gasteiger partial charge in [-0.3, -0.25) is 0 Å². The van der Waals surface area contributed by atoms with E-state index >= 15 is 0 Å².